The lowest BCUT2D eigenvalue weighted by molar-refractivity contribution is 0.608. The number of benzene rings is 9. The van der Waals surface area contributed by atoms with Crippen molar-refractivity contribution in [2.45, 2.75) is 18.9 Å². The molecule has 358 valence electrons. The Balaban J connectivity index is 0.879. The van der Waals surface area contributed by atoms with E-state index in [2.05, 4.69) is 197 Å². The van der Waals surface area contributed by atoms with Gasteiger partial charge in [0.15, 0.2) is 23.3 Å². The maximum Gasteiger partial charge on any atom is 0.184 e. The molecule has 1 atom stereocenters. The summed E-state index contributed by atoms with van der Waals surface area (Å²) in [5, 5.41) is 4.69. The van der Waals surface area contributed by atoms with Crippen LogP contribution in [-0.2, 0) is 0 Å². The molecular weight excluding hydrogens is 929 g/mol. The van der Waals surface area contributed by atoms with Crippen molar-refractivity contribution in [1.82, 2.24) is 34.1 Å². The van der Waals surface area contributed by atoms with Crippen LogP contribution in [0.15, 0.2) is 249 Å². The predicted molar refractivity (Wildman–Crippen MR) is 310 cm³/mol. The Morgan fingerprint density at radius 2 is 0.921 bits per heavy atom. The van der Waals surface area contributed by atoms with Crippen LogP contribution in [0.3, 0.4) is 0 Å². The Labute approximate surface area is 438 Å². The lowest BCUT2D eigenvalue weighted by atomic mass is 9.80. The number of hydrogen-bond acceptors (Lipinski definition) is 6. The van der Waals surface area contributed by atoms with E-state index in [1.54, 1.807) is 6.20 Å². The van der Waals surface area contributed by atoms with Gasteiger partial charge in [-0.25, -0.2) is 24.9 Å². The average molecular weight is 975 g/mol. The van der Waals surface area contributed by atoms with Gasteiger partial charge in [0.25, 0.3) is 0 Å². The fraction of sp³-hybridized carbons (Fsp3) is 0.0441. The van der Waals surface area contributed by atoms with Crippen molar-refractivity contribution < 1.29 is 0 Å². The monoisotopic (exact) mass is 974 g/mol. The summed E-state index contributed by atoms with van der Waals surface area (Å²) < 4.78 is 4.60. The number of para-hydroxylation sites is 4. The molecule has 8 heteroatoms. The Morgan fingerprint density at radius 1 is 0.408 bits per heavy atom. The molecule has 0 saturated carbocycles. The molecule has 0 saturated heterocycles. The van der Waals surface area contributed by atoms with Crippen molar-refractivity contribution in [2.24, 2.45) is 0 Å². The number of aromatic nitrogens is 7. The highest BCUT2D eigenvalue weighted by molar-refractivity contribution is 6.13. The number of hydrogen-bond donors (Lipinski definition) is 0. The molecule has 0 spiro atoms. The molecule has 9 aromatic carbocycles. The number of anilines is 2. The van der Waals surface area contributed by atoms with Gasteiger partial charge in [-0.2, -0.15) is 0 Å². The maximum absolute atomic E-state index is 5.16. The summed E-state index contributed by atoms with van der Waals surface area (Å²) in [7, 11) is 0. The first kappa shape index (κ1) is 43.5. The SMILES string of the molecule is CC12CC=C(c3ccc4c(c3)c3cc(-c5ccc6c(c5)c5ccccc5n6-c5ccccc5)ccc3n4-c3cnc(-c4nc(-c5ccccc5)nc(-c5ccccc5)n4)cn3)C=C1c1ccccc1N2c1ccccc1. The van der Waals surface area contributed by atoms with Crippen LogP contribution in [0, 0.1) is 0 Å². The summed E-state index contributed by atoms with van der Waals surface area (Å²) in [6, 6.07) is 79.6. The highest BCUT2D eigenvalue weighted by atomic mass is 15.2. The highest BCUT2D eigenvalue weighted by Gasteiger charge is 2.45. The van der Waals surface area contributed by atoms with Gasteiger partial charge in [0.1, 0.15) is 5.69 Å². The average Bonchev–Trinajstić information content (AvgIpc) is 4.21. The first-order valence-electron chi connectivity index (χ1n) is 25.8. The number of rotatable bonds is 8. The molecule has 0 fully saturated rings. The molecule has 1 unspecified atom stereocenters. The Morgan fingerprint density at radius 3 is 1.57 bits per heavy atom. The van der Waals surface area contributed by atoms with E-state index < -0.39 is 0 Å². The van der Waals surface area contributed by atoms with Crippen LogP contribution in [0.2, 0.25) is 0 Å². The lowest BCUT2D eigenvalue weighted by Gasteiger charge is -2.39. The number of allylic oxidation sites excluding steroid dienone is 2. The van der Waals surface area contributed by atoms with E-state index in [0.29, 0.717) is 29.0 Å². The van der Waals surface area contributed by atoms with Crippen LogP contribution in [0.5, 0.6) is 0 Å². The van der Waals surface area contributed by atoms with Crippen LogP contribution in [-0.4, -0.2) is 39.6 Å². The zero-order valence-electron chi connectivity index (χ0n) is 41.5. The van der Waals surface area contributed by atoms with Gasteiger partial charge in [-0.1, -0.05) is 158 Å². The summed E-state index contributed by atoms with van der Waals surface area (Å²) in [5.74, 6) is 2.29. The van der Waals surface area contributed by atoms with E-state index in [9.17, 15) is 0 Å². The van der Waals surface area contributed by atoms with E-state index in [1.165, 1.54) is 49.9 Å². The van der Waals surface area contributed by atoms with Gasteiger partial charge >= 0.3 is 0 Å². The molecule has 1 aliphatic carbocycles. The van der Waals surface area contributed by atoms with Crippen LogP contribution >= 0.6 is 0 Å². The molecule has 0 radical (unpaired) electrons. The zero-order valence-corrected chi connectivity index (χ0v) is 41.5. The van der Waals surface area contributed by atoms with Crippen molar-refractivity contribution in [2.75, 3.05) is 4.90 Å². The van der Waals surface area contributed by atoms with Crippen molar-refractivity contribution >= 4 is 66.1 Å². The third-order valence-corrected chi connectivity index (χ3v) is 15.5. The number of fused-ring (bicyclic) bond motifs is 9. The van der Waals surface area contributed by atoms with Crippen molar-refractivity contribution in [1.29, 1.82) is 0 Å². The van der Waals surface area contributed by atoms with Crippen LogP contribution in [0.25, 0.3) is 112 Å². The summed E-state index contributed by atoms with van der Waals surface area (Å²) >= 11 is 0. The molecule has 0 amide bonds. The fourth-order valence-corrected chi connectivity index (χ4v) is 11.8. The van der Waals surface area contributed by atoms with Gasteiger partial charge in [-0.05, 0) is 120 Å². The third-order valence-electron chi connectivity index (χ3n) is 15.5. The number of nitrogens with zero attached hydrogens (tertiary/aromatic N) is 8. The molecule has 76 heavy (non-hydrogen) atoms. The topological polar surface area (TPSA) is 77.5 Å². The molecule has 2 aliphatic rings. The second-order valence-electron chi connectivity index (χ2n) is 19.9. The first-order chi connectivity index (χ1) is 37.5. The normalized spacial score (nSPS) is 15.0. The molecule has 4 aromatic heterocycles. The minimum Gasteiger partial charge on any atom is -0.331 e. The quantitative estimate of drug-likeness (QED) is 0.151. The van der Waals surface area contributed by atoms with Gasteiger partial charge in [0.05, 0.1) is 40.0 Å². The van der Waals surface area contributed by atoms with Gasteiger partial charge in [-0.15, -0.1) is 0 Å². The minimum atomic E-state index is -0.240. The van der Waals surface area contributed by atoms with Gasteiger partial charge in [0.2, 0.25) is 0 Å². The molecule has 5 heterocycles. The Kier molecular flexibility index (Phi) is 9.90. The van der Waals surface area contributed by atoms with Crippen LogP contribution in [0.1, 0.15) is 24.5 Å². The molecule has 0 N–H and O–H groups in total. The highest BCUT2D eigenvalue weighted by Crippen LogP contribution is 2.55. The maximum atomic E-state index is 5.16. The van der Waals surface area contributed by atoms with E-state index >= 15 is 0 Å². The second-order valence-corrected chi connectivity index (χ2v) is 19.9. The van der Waals surface area contributed by atoms with Gasteiger partial charge < -0.3 is 9.47 Å². The molecule has 8 nitrogen and oxygen atoms in total. The van der Waals surface area contributed by atoms with Crippen LogP contribution < -0.4 is 4.90 Å². The molecule has 0 bridgehead atoms. The lowest BCUT2D eigenvalue weighted by Crippen LogP contribution is -2.40. The van der Waals surface area contributed by atoms with E-state index in [1.807, 2.05) is 66.9 Å². The van der Waals surface area contributed by atoms with E-state index in [0.717, 1.165) is 61.7 Å². The van der Waals surface area contributed by atoms with Gasteiger partial charge in [0, 0.05) is 55.3 Å². The first-order valence-corrected chi connectivity index (χ1v) is 25.8. The Hall–Kier alpha value is -10.1. The predicted octanol–water partition coefficient (Wildman–Crippen LogP) is 16.3. The summed E-state index contributed by atoms with van der Waals surface area (Å²) in [6.45, 7) is 2.38. The van der Waals surface area contributed by atoms with E-state index in [-0.39, 0.29) is 5.54 Å². The van der Waals surface area contributed by atoms with Crippen molar-refractivity contribution in [3.8, 4) is 56.9 Å². The van der Waals surface area contributed by atoms with E-state index in [4.69, 9.17) is 24.9 Å². The second kappa shape index (κ2) is 17.3. The Bertz CT molecular complexity index is 4430. The molecule has 15 rings (SSSR count). The third kappa shape index (κ3) is 6.95. The largest absolute Gasteiger partial charge is 0.331 e. The fourth-order valence-electron chi connectivity index (χ4n) is 11.8. The molecular formula is C68H46N8. The summed E-state index contributed by atoms with van der Waals surface area (Å²) in [6.07, 6.45) is 9.33. The summed E-state index contributed by atoms with van der Waals surface area (Å²) in [5.41, 5.74) is 17.4. The standard InChI is InChI=1S/C68H46N8/c1-68-37-36-49(41-57(68)53-27-15-17-29-63(53)76(68)51-24-12-5-13-25-51)48-32-35-62-56(40-48)55-39-47(46-30-33-60-54(38-46)52-26-14-16-28-59(52)74(60)50-22-10-4-11-23-50)31-34-61(55)75(62)64-43-69-58(42-70-64)67-72-65(44-18-6-2-7-19-44)71-66(73-67)45-20-8-3-9-21-45/h2-36,38-43H,37H2,1H3. The molecule has 13 aromatic rings. The smallest absolute Gasteiger partial charge is 0.184 e. The van der Waals surface area contributed by atoms with Crippen molar-refractivity contribution in [3.05, 3.63) is 260 Å². The minimum absolute atomic E-state index is 0.240. The van der Waals surface area contributed by atoms with Crippen molar-refractivity contribution in [3.63, 3.8) is 0 Å². The zero-order chi connectivity index (χ0) is 50.3. The van der Waals surface area contributed by atoms with Crippen LogP contribution in [0.4, 0.5) is 11.4 Å². The van der Waals surface area contributed by atoms with Gasteiger partial charge in [-0.3, -0.25) is 4.57 Å². The summed E-state index contributed by atoms with van der Waals surface area (Å²) in [4.78, 5) is 27.5. The molecule has 1 aliphatic heterocycles.